The van der Waals surface area contributed by atoms with Gasteiger partial charge in [-0.25, -0.2) is 13.1 Å². The number of sulfonamides is 1. The Bertz CT molecular complexity index is 776. The standard InChI is InChI=1S/C17H23N3O2S/c18-17(10-3-1-2-4-11-17)13-20-23(21,22)16-9-5-8-15-14(16)7-6-12-19-15/h5-9,12,20H,1-4,10-11,13,18H2. The van der Waals surface area contributed by atoms with Crippen molar-refractivity contribution in [2.24, 2.45) is 5.73 Å². The van der Waals surface area contributed by atoms with Crippen molar-refractivity contribution in [2.45, 2.75) is 49.0 Å². The van der Waals surface area contributed by atoms with Crippen LogP contribution in [0.25, 0.3) is 10.9 Å². The lowest BCUT2D eigenvalue weighted by Gasteiger charge is -2.28. The summed E-state index contributed by atoms with van der Waals surface area (Å²) in [6.45, 7) is 0.284. The van der Waals surface area contributed by atoms with Crippen molar-refractivity contribution in [1.82, 2.24) is 9.71 Å². The van der Waals surface area contributed by atoms with E-state index in [1.807, 2.05) is 6.07 Å². The lowest BCUT2D eigenvalue weighted by Crippen LogP contribution is -2.49. The first kappa shape index (κ1) is 16.4. The summed E-state index contributed by atoms with van der Waals surface area (Å²) in [5, 5.41) is 0.634. The average molecular weight is 333 g/mol. The molecule has 6 heteroatoms. The SMILES string of the molecule is NC1(CNS(=O)(=O)c2cccc3ncccc23)CCCCCC1. The number of benzene rings is 1. The van der Waals surface area contributed by atoms with Gasteiger partial charge in [0.25, 0.3) is 0 Å². The predicted molar refractivity (Wildman–Crippen MR) is 91.6 cm³/mol. The van der Waals surface area contributed by atoms with Crippen LogP contribution in [0.4, 0.5) is 0 Å². The minimum absolute atomic E-state index is 0.264. The molecule has 1 saturated carbocycles. The highest BCUT2D eigenvalue weighted by molar-refractivity contribution is 7.89. The third kappa shape index (κ3) is 3.71. The predicted octanol–water partition coefficient (Wildman–Crippen LogP) is 2.56. The van der Waals surface area contributed by atoms with Gasteiger partial charge >= 0.3 is 0 Å². The third-order valence-corrected chi connectivity index (χ3v) is 6.07. The zero-order valence-corrected chi connectivity index (χ0v) is 14.0. The van der Waals surface area contributed by atoms with Gasteiger partial charge in [-0.2, -0.15) is 0 Å². The maximum atomic E-state index is 12.7. The van der Waals surface area contributed by atoms with Crippen LogP contribution < -0.4 is 10.5 Å². The quantitative estimate of drug-likeness (QED) is 0.842. The normalized spacial score (nSPS) is 18.7. The van der Waals surface area contributed by atoms with Crippen molar-refractivity contribution in [3.63, 3.8) is 0 Å². The van der Waals surface area contributed by atoms with E-state index in [0.717, 1.165) is 25.7 Å². The number of nitrogens with two attached hydrogens (primary N) is 1. The molecule has 3 N–H and O–H groups in total. The van der Waals surface area contributed by atoms with Crippen LogP contribution in [-0.4, -0.2) is 25.5 Å². The van der Waals surface area contributed by atoms with Crippen molar-refractivity contribution in [3.05, 3.63) is 36.5 Å². The summed E-state index contributed by atoms with van der Waals surface area (Å²) in [6, 6.07) is 8.66. The van der Waals surface area contributed by atoms with Gasteiger partial charge in [-0.05, 0) is 37.1 Å². The summed E-state index contributed by atoms with van der Waals surface area (Å²) in [7, 11) is -3.61. The second-order valence-corrected chi connectivity index (χ2v) is 8.16. The number of nitrogens with zero attached hydrogens (tertiary/aromatic N) is 1. The number of nitrogens with one attached hydrogen (secondary N) is 1. The lowest BCUT2D eigenvalue weighted by molar-refractivity contribution is 0.369. The van der Waals surface area contributed by atoms with Crippen LogP contribution in [0.3, 0.4) is 0 Å². The molecule has 3 rings (SSSR count). The van der Waals surface area contributed by atoms with Gasteiger partial charge in [0.1, 0.15) is 0 Å². The zero-order valence-electron chi connectivity index (χ0n) is 13.2. The van der Waals surface area contributed by atoms with Crippen molar-refractivity contribution in [3.8, 4) is 0 Å². The Morgan fingerprint density at radius 1 is 1.09 bits per heavy atom. The van der Waals surface area contributed by atoms with Gasteiger partial charge in [-0.15, -0.1) is 0 Å². The summed E-state index contributed by atoms with van der Waals surface area (Å²) in [5.41, 5.74) is 6.65. The van der Waals surface area contributed by atoms with E-state index in [9.17, 15) is 8.42 Å². The maximum absolute atomic E-state index is 12.7. The largest absolute Gasteiger partial charge is 0.324 e. The number of rotatable bonds is 4. The van der Waals surface area contributed by atoms with Crippen molar-refractivity contribution >= 4 is 20.9 Å². The molecule has 0 amide bonds. The number of pyridine rings is 1. The molecule has 0 atom stereocenters. The Morgan fingerprint density at radius 3 is 2.57 bits per heavy atom. The Morgan fingerprint density at radius 2 is 1.83 bits per heavy atom. The molecular weight excluding hydrogens is 310 g/mol. The van der Waals surface area contributed by atoms with E-state index in [-0.39, 0.29) is 11.4 Å². The molecule has 124 valence electrons. The molecule has 0 unspecified atom stereocenters. The lowest BCUT2D eigenvalue weighted by atomic mass is 9.92. The zero-order chi connectivity index (χ0) is 16.3. The van der Waals surface area contributed by atoms with E-state index in [1.165, 1.54) is 12.8 Å². The van der Waals surface area contributed by atoms with Crippen molar-refractivity contribution in [2.75, 3.05) is 6.54 Å². The smallest absolute Gasteiger partial charge is 0.241 e. The summed E-state index contributed by atoms with van der Waals surface area (Å²) in [4.78, 5) is 4.48. The number of aromatic nitrogens is 1. The van der Waals surface area contributed by atoms with E-state index < -0.39 is 15.6 Å². The third-order valence-electron chi connectivity index (χ3n) is 4.61. The van der Waals surface area contributed by atoms with Crippen LogP contribution in [0.2, 0.25) is 0 Å². The van der Waals surface area contributed by atoms with Crippen LogP contribution in [0, 0.1) is 0 Å². The fraction of sp³-hybridized carbons (Fsp3) is 0.471. The van der Waals surface area contributed by atoms with E-state index in [0.29, 0.717) is 10.9 Å². The monoisotopic (exact) mass is 333 g/mol. The molecule has 1 aliphatic carbocycles. The van der Waals surface area contributed by atoms with E-state index >= 15 is 0 Å². The molecule has 0 bridgehead atoms. The van der Waals surface area contributed by atoms with Crippen molar-refractivity contribution in [1.29, 1.82) is 0 Å². The summed E-state index contributed by atoms with van der Waals surface area (Å²) in [6.07, 6.45) is 7.89. The van der Waals surface area contributed by atoms with Crippen LogP contribution in [0.15, 0.2) is 41.4 Å². The molecule has 0 aliphatic heterocycles. The van der Waals surface area contributed by atoms with Crippen LogP contribution in [-0.2, 0) is 10.0 Å². The van der Waals surface area contributed by atoms with Gasteiger partial charge in [0.05, 0.1) is 10.4 Å². The molecule has 1 heterocycles. The molecule has 23 heavy (non-hydrogen) atoms. The highest BCUT2D eigenvalue weighted by Crippen LogP contribution is 2.26. The second-order valence-electron chi connectivity index (χ2n) is 6.43. The van der Waals surface area contributed by atoms with Gasteiger partial charge < -0.3 is 5.73 Å². The highest BCUT2D eigenvalue weighted by Gasteiger charge is 2.28. The summed E-state index contributed by atoms with van der Waals surface area (Å²) >= 11 is 0. The molecule has 0 spiro atoms. The fourth-order valence-corrected chi connectivity index (χ4v) is 4.59. The molecule has 5 nitrogen and oxygen atoms in total. The Hall–Kier alpha value is -1.50. The topological polar surface area (TPSA) is 85.1 Å². The molecular formula is C17H23N3O2S. The highest BCUT2D eigenvalue weighted by atomic mass is 32.2. The van der Waals surface area contributed by atoms with Crippen LogP contribution in [0.5, 0.6) is 0 Å². The minimum atomic E-state index is -3.61. The fourth-order valence-electron chi connectivity index (χ4n) is 3.24. The molecule has 2 aromatic rings. The first-order chi connectivity index (χ1) is 11.0. The van der Waals surface area contributed by atoms with Gasteiger partial charge in [-0.3, -0.25) is 4.98 Å². The number of fused-ring (bicyclic) bond motifs is 1. The molecule has 0 radical (unpaired) electrons. The molecule has 1 aromatic heterocycles. The van der Waals surface area contributed by atoms with E-state index in [1.54, 1.807) is 30.5 Å². The van der Waals surface area contributed by atoms with E-state index in [4.69, 9.17) is 5.73 Å². The summed E-state index contributed by atoms with van der Waals surface area (Å²) in [5.74, 6) is 0. The number of hydrogen-bond donors (Lipinski definition) is 2. The van der Waals surface area contributed by atoms with Gasteiger partial charge in [0.2, 0.25) is 10.0 Å². The van der Waals surface area contributed by atoms with Gasteiger partial charge in [0, 0.05) is 23.7 Å². The summed E-state index contributed by atoms with van der Waals surface area (Å²) < 4.78 is 28.2. The van der Waals surface area contributed by atoms with E-state index in [2.05, 4.69) is 9.71 Å². The molecule has 1 fully saturated rings. The first-order valence-corrected chi connectivity index (χ1v) is 9.61. The molecule has 1 aliphatic rings. The Kier molecular flexibility index (Phi) is 4.66. The van der Waals surface area contributed by atoms with Crippen LogP contribution >= 0.6 is 0 Å². The first-order valence-electron chi connectivity index (χ1n) is 8.13. The average Bonchev–Trinajstić information content (AvgIpc) is 2.78. The van der Waals surface area contributed by atoms with Crippen molar-refractivity contribution < 1.29 is 8.42 Å². The van der Waals surface area contributed by atoms with Gasteiger partial charge in [0.15, 0.2) is 0 Å². The number of hydrogen-bond acceptors (Lipinski definition) is 4. The maximum Gasteiger partial charge on any atom is 0.241 e. The Labute approximate surface area is 137 Å². The molecule has 1 aromatic carbocycles. The van der Waals surface area contributed by atoms with Crippen LogP contribution in [0.1, 0.15) is 38.5 Å². The second kappa shape index (κ2) is 6.55. The Balaban J connectivity index is 1.83. The minimum Gasteiger partial charge on any atom is -0.324 e. The molecule has 0 saturated heterocycles. The van der Waals surface area contributed by atoms with Gasteiger partial charge in [-0.1, -0.05) is 31.7 Å².